The zero-order chi connectivity index (χ0) is 11.3. The molecular formula is C10H10ClNO3. The van der Waals surface area contributed by atoms with Crippen molar-refractivity contribution in [3.63, 3.8) is 0 Å². The molecule has 0 aliphatic heterocycles. The number of carbonyl (C=O) groups is 2. The minimum atomic E-state index is -0.623. The molecule has 1 rings (SSSR count). The molecule has 0 aliphatic rings. The minimum Gasteiger partial charge on any atom is -0.450 e. The first-order valence-electron chi connectivity index (χ1n) is 4.37. The van der Waals surface area contributed by atoms with E-state index in [2.05, 4.69) is 10.1 Å². The van der Waals surface area contributed by atoms with Crippen molar-refractivity contribution in [2.75, 3.05) is 11.9 Å². The summed E-state index contributed by atoms with van der Waals surface area (Å²) in [4.78, 5) is 22.1. The molecule has 80 valence electrons. The second kappa shape index (κ2) is 5.36. The van der Waals surface area contributed by atoms with Gasteiger partial charge in [0.25, 0.3) is 5.24 Å². The molecule has 0 aliphatic carbocycles. The van der Waals surface area contributed by atoms with E-state index in [1.54, 1.807) is 25.1 Å². The van der Waals surface area contributed by atoms with E-state index in [1.165, 1.54) is 6.07 Å². The summed E-state index contributed by atoms with van der Waals surface area (Å²) in [5.41, 5.74) is 0.586. The number of nitrogens with one attached hydrogen (secondary N) is 1. The van der Waals surface area contributed by atoms with Crippen LogP contribution < -0.4 is 5.32 Å². The molecule has 15 heavy (non-hydrogen) atoms. The molecule has 0 aromatic heterocycles. The van der Waals surface area contributed by atoms with Gasteiger partial charge >= 0.3 is 6.09 Å². The molecule has 5 heteroatoms. The van der Waals surface area contributed by atoms with Gasteiger partial charge in [0.15, 0.2) is 0 Å². The lowest BCUT2D eigenvalue weighted by molar-refractivity contribution is 0.108. The molecule has 0 saturated carbocycles. The van der Waals surface area contributed by atoms with Gasteiger partial charge in [0.2, 0.25) is 0 Å². The van der Waals surface area contributed by atoms with Crippen LogP contribution in [0.2, 0.25) is 0 Å². The molecule has 1 aromatic carbocycles. The normalized spacial score (nSPS) is 9.47. The van der Waals surface area contributed by atoms with Crippen molar-refractivity contribution in [1.29, 1.82) is 0 Å². The summed E-state index contributed by atoms with van der Waals surface area (Å²) in [7, 11) is 0. The number of amides is 1. The summed E-state index contributed by atoms with van der Waals surface area (Å²) in [6.07, 6.45) is -0.608. The average Bonchev–Trinajstić information content (AvgIpc) is 2.18. The second-order valence-electron chi connectivity index (χ2n) is 2.66. The van der Waals surface area contributed by atoms with E-state index in [0.29, 0.717) is 5.69 Å². The van der Waals surface area contributed by atoms with Gasteiger partial charge in [0, 0.05) is 0 Å². The zero-order valence-electron chi connectivity index (χ0n) is 8.12. The standard InChI is InChI=1S/C10H10ClNO3/c1-2-15-10(14)12-8-6-4-3-5-7(8)9(11)13/h3-6H,2H2,1H3,(H,12,14). The van der Waals surface area contributed by atoms with E-state index in [1.807, 2.05) is 0 Å². The highest BCUT2D eigenvalue weighted by Crippen LogP contribution is 2.17. The first-order valence-corrected chi connectivity index (χ1v) is 4.75. The van der Waals surface area contributed by atoms with Crippen LogP contribution in [0.3, 0.4) is 0 Å². The highest BCUT2D eigenvalue weighted by molar-refractivity contribution is 6.68. The van der Waals surface area contributed by atoms with E-state index in [0.717, 1.165) is 0 Å². The van der Waals surface area contributed by atoms with Crippen LogP contribution in [0.4, 0.5) is 10.5 Å². The largest absolute Gasteiger partial charge is 0.450 e. The Morgan fingerprint density at radius 2 is 2.07 bits per heavy atom. The van der Waals surface area contributed by atoms with Gasteiger partial charge in [0.05, 0.1) is 17.9 Å². The highest BCUT2D eigenvalue weighted by Gasteiger charge is 2.10. The number of para-hydroxylation sites is 1. The van der Waals surface area contributed by atoms with Crippen LogP contribution in [0.1, 0.15) is 17.3 Å². The van der Waals surface area contributed by atoms with Crippen molar-refractivity contribution in [1.82, 2.24) is 0 Å². The monoisotopic (exact) mass is 227 g/mol. The Morgan fingerprint density at radius 1 is 1.40 bits per heavy atom. The summed E-state index contributed by atoms with van der Waals surface area (Å²) >= 11 is 5.34. The van der Waals surface area contributed by atoms with E-state index < -0.39 is 11.3 Å². The van der Waals surface area contributed by atoms with Gasteiger partial charge in [0.1, 0.15) is 0 Å². The van der Waals surface area contributed by atoms with Gasteiger partial charge < -0.3 is 4.74 Å². The van der Waals surface area contributed by atoms with Gasteiger partial charge in [-0.1, -0.05) is 12.1 Å². The molecule has 0 saturated heterocycles. The van der Waals surface area contributed by atoms with Gasteiger partial charge in [-0.25, -0.2) is 4.79 Å². The molecule has 1 N–H and O–H groups in total. The van der Waals surface area contributed by atoms with E-state index in [9.17, 15) is 9.59 Å². The second-order valence-corrected chi connectivity index (χ2v) is 3.01. The van der Waals surface area contributed by atoms with Crippen molar-refractivity contribution in [3.05, 3.63) is 29.8 Å². The lowest BCUT2D eigenvalue weighted by Crippen LogP contribution is -2.15. The minimum absolute atomic E-state index is 0.243. The molecular weight excluding hydrogens is 218 g/mol. The van der Waals surface area contributed by atoms with E-state index >= 15 is 0 Å². The average molecular weight is 228 g/mol. The fourth-order valence-electron chi connectivity index (χ4n) is 1.04. The van der Waals surface area contributed by atoms with Gasteiger partial charge in [-0.05, 0) is 30.7 Å². The number of rotatable bonds is 3. The van der Waals surface area contributed by atoms with Crippen molar-refractivity contribution in [2.24, 2.45) is 0 Å². The maximum Gasteiger partial charge on any atom is 0.411 e. The summed E-state index contributed by atoms with van der Waals surface area (Å²) in [5, 5.41) is 1.80. The summed E-state index contributed by atoms with van der Waals surface area (Å²) in [6.45, 7) is 1.96. The van der Waals surface area contributed by atoms with Crippen LogP contribution in [0.25, 0.3) is 0 Å². The molecule has 0 atom stereocenters. The fraction of sp³-hybridized carbons (Fsp3) is 0.200. The number of halogens is 1. The fourth-order valence-corrected chi connectivity index (χ4v) is 1.21. The Morgan fingerprint density at radius 3 is 2.67 bits per heavy atom. The van der Waals surface area contributed by atoms with Crippen molar-refractivity contribution in [2.45, 2.75) is 6.92 Å². The Hall–Kier alpha value is -1.55. The van der Waals surface area contributed by atoms with Crippen LogP contribution >= 0.6 is 11.6 Å². The van der Waals surface area contributed by atoms with E-state index in [-0.39, 0.29) is 12.2 Å². The molecule has 0 radical (unpaired) electrons. The number of carbonyl (C=O) groups excluding carboxylic acids is 2. The Kier molecular flexibility index (Phi) is 4.12. The zero-order valence-corrected chi connectivity index (χ0v) is 8.88. The number of hydrogen-bond acceptors (Lipinski definition) is 3. The lowest BCUT2D eigenvalue weighted by Gasteiger charge is -2.07. The van der Waals surface area contributed by atoms with Crippen molar-refractivity contribution >= 4 is 28.6 Å². The quantitative estimate of drug-likeness (QED) is 0.808. The molecule has 1 amide bonds. The van der Waals surface area contributed by atoms with Crippen LogP contribution in [0.5, 0.6) is 0 Å². The van der Waals surface area contributed by atoms with Crippen LogP contribution in [0, 0.1) is 0 Å². The number of ether oxygens (including phenoxy) is 1. The first-order chi connectivity index (χ1) is 7.15. The third-order valence-electron chi connectivity index (χ3n) is 1.65. The van der Waals surface area contributed by atoms with Crippen LogP contribution in [-0.2, 0) is 4.74 Å². The maximum absolute atomic E-state index is 11.1. The predicted molar refractivity (Wildman–Crippen MR) is 57.3 cm³/mol. The van der Waals surface area contributed by atoms with Crippen LogP contribution in [0.15, 0.2) is 24.3 Å². The first kappa shape index (κ1) is 11.5. The van der Waals surface area contributed by atoms with Gasteiger partial charge in [-0.15, -0.1) is 0 Å². The molecule has 0 spiro atoms. The summed E-state index contributed by atoms with van der Waals surface area (Å²) in [6, 6.07) is 6.44. The Bertz CT molecular complexity index is 379. The maximum atomic E-state index is 11.1. The van der Waals surface area contributed by atoms with E-state index in [4.69, 9.17) is 11.6 Å². The summed E-state index contributed by atoms with van der Waals surface area (Å²) in [5.74, 6) is 0. The smallest absolute Gasteiger partial charge is 0.411 e. The predicted octanol–water partition coefficient (Wildman–Crippen LogP) is 2.63. The molecule has 0 fully saturated rings. The topological polar surface area (TPSA) is 55.4 Å². The third-order valence-corrected chi connectivity index (χ3v) is 1.85. The van der Waals surface area contributed by atoms with Gasteiger partial charge in [-0.3, -0.25) is 10.1 Å². The SMILES string of the molecule is CCOC(=O)Nc1ccccc1C(=O)Cl. The molecule has 4 nitrogen and oxygen atoms in total. The Labute approximate surface area is 92.2 Å². The summed E-state index contributed by atoms with van der Waals surface area (Å²) < 4.78 is 4.68. The molecule has 1 aromatic rings. The van der Waals surface area contributed by atoms with Crippen LogP contribution in [-0.4, -0.2) is 17.9 Å². The molecule has 0 bridgehead atoms. The van der Waals surface area contributed by atoms with Crippen molar-refractivity contribution in [3.8, 4) is 0 Å². The Balaban J connectivity index is 2.84. The number of benzene rings is 1. The van der Waals surface area contributed by atoms with Gasteiger partial charge in [-0.2, -0.15) is 0 Å². The number of hydrogen-bond donors (Lipinski definition) is 1. The highest BCUT2D eigenvalue weighted by atomic mass is 35.5. The number of anilines is 1. The third kappa shape index (κ3) is 3.25. The molecule has 0 unspecified atom stereocenters. The lowest BCUT2D eigenvalue weighted by atomic mass is 10.2. The van der Waals surface area contributed by atoms with Crippen molar-refractivity contribution < 1.29 is 14.3 Å². The molecule has 0 heterocycles.